The van der Waals surface area contributed by atoms with E-state index in [1.807, 2.05) is 24.3 Å². The number of nitrogens with one attached hydrogen (secondary N) is 1. The molecule has 0 saturated carbocycles. The summed E-state index contributed by atoms with van der Waals surface area (Å²) in [5.74, 6) is 0. The van der Waals surface area contributed by atoms with Gasteiger partial charge in [-0.2, -0.15) is 0 Å². The number of oxazole rings is 1. The Morgan fingerprint density at radius 3 is 2.93 bits per heavy atom. The van der Waals surface area contributed by atoms with E-state index in [9.17, 15) is 0 Å². The van der Waals surface area contributed by atoms with E-state index >= 15 is 0 Å². The largest absolute Gasteiger partial charge is 0.432 e. The van der Waals surface area contributed by atoms with Gasteiger partial charge >= 0.3 is 0 Å². The molecule has 0 unspecified atom stereocenters. The molecule has 72 valence electrons. The van der Waals surface area contributed by atoms with E-state index in [0.29, 0.717) is 12.6 Å². The predicted molar refractivity (Wildman–Crippen MR) is 55.3 cm³/mol. The number of aromatic nitrogens is 1. The summed E-state index contributed by atoms with van der Waals surface area (Å²) in [6.45, 7) is 0.611. The van der Waals surface area contributed by atoms with Gasteiger partial charge in [-0.1, -0.05) is 29.8 Å². The highest BCUT2D eigenvalue weighted by Gasteiger charge is 2.00. The quantitative estimate of drug-likeness (QED) is 0.843. The lowest BCUT2D eigenvalue weighted by Crippen LogP contribution is -1.99. The van der Waals surface area contributed by atoms with Crippen molar-refractivity contribution in [2.24, 2.45) is 0 Å². The Labute approximate surface area is 86.7 Å². The molecule has 0 fully saturated rings. The summed E-state index contributed by atoms with van der Waals surface area (Å²) in [6, 6.07) is 8.16. The normalized spacial score (nSPS) is 10.1. The minimum absolute atomic E-state index is 0.505. The second-order valence-corrected chi connectivity index (χ2v) is 3.19. The average molecular weight is 209 g/mol. The van der Waals surface area contributed by atoms with Crippen LogP contribution >= 0.6 is 11.6 Å². The van der Waals surface area contributed by atoms with E-state index in [2.05, 4.69) is 10.3 Å². The maximum absolute atomic E-state index is 5.97. The molecule has 0 aliphatic heterocycles. The van der Waals surface area contributed by atoms with Crippen molar-refractivity contribution in [3.05, 3.63) is 47.3 Å². The third-order valence-corrected chi connectivity index (χ3v) is 2.19. The van der Waals surface area contributed by atoms with Crippen molar-refractivity contribution in [3.8, 4) is 0 Å². The smallest absolute Gasteiger partial charge is 0.294 e. The zero-order valence-electron chi connectivity index (χ0n) is 7.40. The van der Waals surface area contributed by atoms with Crippen LogP contribution in [0.4, 0.5) is 6.01 Å². The Morgan fingerprint density at radius 1 is 1.36 bits per heavy atom. The SMILES string of the molecule is Clc1ccccc1CNc1ncco1. The molecule has 3 nitrogen and oxygen atoms in total. The lowest BCUT2D eigenvalue weighted by Gasteiger charge is -2.03. The topological polar surface area (TPSA) is 38.1 Å². The molecule has 4 heteroatoms. The summed E-state index contributed by atoms with van der Waals surface area (Å²) in [5, 5.41) is 3.76. The van der Waals surface area contributed by atoms with Crippen LogP contribution in [-0.2, 0) is 6.54 Å². The van der Waals surface area contributed by atoms with E-state index in [1.54, 1.807) is 6.20 Å². The van der Waals surface area contributed by atoms with E-state index in [1.165, 1.54) is 6.26 Å². The monoisotopic (exact) mass is 208 g/mol. The Hall–Kier alpha value is -1.48. The second kappa shape index (κ2) is 4.15. The molecule has 0 spiro atoms. The maximum Gasteiger partial charge on any atom is 0.294 e. The number of nitrogens with zero attached hydrogens (tertiary/aromatic N) is 1. The third kappa shape index (κ3) is 2.06. The Balaban J connectivity index is 2.02. The minimum Gasteiger partial charge on any atom is -0.432 e. The van der Waals surface area contributed by atoms with Crippen molar-refractivity contribution >= 4 is 17.6 Å². The molecular weight excluding hydrogens is 200 g/mol. The van der Waals surface area contributed by atoms with Gasteiger partial charge < -0.3 is 9.73 Å². The first-order valence-electron chi connectivity index (χ1n) is 4.23. The first-order chi connectivity index (χ1) is 6.86. The van der Waals surface area contributed by atoms with E-state index in [0.717, 1.165) is 10.6 Å². The fraction of sp³-hybridized carbons (Fsp3) is 0.100. The fourth-order valence-corrected chi connectivity index (χ4v) is 1.33. The van der Waals surface area contributed by atoms with Crippen LogP contribution in [0.5, 0.6) is 0 Å². The highest BCUT2D eigenvalue weighted by Crippen LogP contribution is 2.16. The lowest BCUT2D eigenvalue weighted by atomic mass is 10.2. The van der Waals surface area contributed by atoms with Crippen LogP contribution in [0.3, 0.4) is 0 Å². The number of anilines is 1. The number of benzene rings is 1. The van der Waals surface area contributed by atoms with Crippen molar-refractivity contribution in [1.82, 2.24) is 4.98 Å². The Bertz CT molecular complexity index is 400. The van der Waals surface area contributed by atoms with Crippen LogP contribution in [0.25, 0.3) is 0 Å². The number of hydrogen-bond donors (Lipinski definition) is 1. The van der Waals surface area contributed by atoms with Gasteiger partial charge in [-0.3, -0.25) is 0 Å². The van der Waals surface area contributed by atoms with Crippen LogP contribution in [0.1, 0.15) is 5.56 Å². The van der Waals surface area contributed by atoms with Gasteiger partial charge in [-0.25, -0.2) is 4.98 Å². The molecule has 0 radical (unpaired) electrons. The van der Waals surface area contributed by atoms with Crippen molar-refractivity contribution in [2.75, 3.05) is 5.32 Å². The summed E-state index contributed by atoms with van der Waals surface area (Å²) in [6.07, 6.45) is 3.11. The van der Waals surface area contributed by atoms with Crippen molar-refractivity contribution in [2.45, 2.75) is 6.54 Å². The first-order valence-corrected chi connectivity index (χ1v) is 4.61. The lowest BCUT2D eigenvalue weighted by molar-refractivity contribution is 0.571. The number of halogens is 1. The van der Waals surface area contributed by atoms with Gasteiger partial charge in [0.2, 0.25) is 0 Å². The molecule has 0 amide bonds. The van der Waals surface area contributed by atoms with E-state index in [4.69, 9.17) is 16.0 Å². The molecule has 0 aliphatic rings. The van der Waals surface area contributed by atoms with Crippen LogP contribution in [0.15, 0.2) is 41.1 Å². The molecule has 0 bridgehead atoms. The first kappa shape index (κ1) is 9.09. The van der Waals surface area contributed by atoms with E-state index < -0.39 is 0 Å². The zero-order chi connectivity index (χ0) is 9.80. The van der Waals surface area contributed by atoms with Crippen molar-refractivity contribution < 1.29 is 4.42 Å². The van der Waals surface area contributed by atoms with Crippen LogP contribution in [0, 0.1) is 0 Å². The molecule has 1 aromatic heterocycles. The van der Waals surface area contributed by atoms with Crippen LogP contribution < -0.4 is 5.32 Å². The zero-order valence-corrected chi connectivity index (χ0v) is 8.16. The van der Waals surface area contributed by atoms with Crippen LogP contribution in [-0.4, -0.2) is 4.98 Å². The Morgan fingerprint density at radius 2 is 2.21 bits per heavy atom. The second-order valence-electron chi connectivity index (χ2n) is 2.78. The highest BCUT2D eigenvalue weighted by molar-refractivity contribution is 6.31. The predicted octanol–water partition coefficient (Wildman–Crippen LogP) is 2.94. The highest BCUT2D eigenvalue weighted by atomic mass is 35.5. The van der Waals surface area contributed by atoms with Gasteiger partial charge in [0, 0.05) is 11.6 Å². The molecule has 1 heterocycles. The molecule has 1 aromatic carbocycles. The molecule has 0 aliphatic carbocycles. The molecule has 0 atom stereocenters. The summed E-state index contributed by atoms with van der Waals surface area (Å²) in [7, 11) is 0. The molecule has 14 heavy (non-hydrogen) atoms. The van der Waals surface area contributed by atoms with Gasteiger partial charge in [0.1, 0.15) is 6.26 Å². The molecule has 2 rings (SSSR count). The number of hydrogen-bond acceptors (Lipinski definition) is 3. The van der Waals surface area contributed by atoms with E-state index in [-0.39, 0.29) is 0 Å². The van der Waals surface area contributed by atoms with Gasteiger partial charge in [-0.05, 0) is 11.6 Å². The summed E-state index contributed by atoms with van der Waals surface area (Å²) >= 11 is 5.97. The summed E-state index contributed by atoms with van der Waals surface area (Å²) in [5.41, 5.74) is 1.02. The molecule has 1 N–H and O–H groups in total. The fourth-order valence-electron chi connectivity index (χ4n) is 1.12. The summed E-state index contributed by atoms with van der Waals surface area (Å²) in [4.78, 5) is 3.94. The maximum atomic E-state index is 5.97. The molecule has 0 saturated heterocycles. The Kier molecular flexibility index (Phi) is 2.70. The minimum atomic E-state index is 0.505. The van der Waals surface area contributed by atoms with Gasteiger partial charge in [-0.15, -0.1) is 0 Å². The standard InChI is InChI=1S/C10H9ClN2O/c11-9-4-2-1-3-8(9)7-13-10-12-5-6-14-10/h1-6H,7H2,(H,12,13). The van der Waals surface area contributed by atoms with Gasteiger partial charge in [0.15, 0.2) is 0 Å². The van der Waals surface area contributed by atoms with Gasteiger partial charge in [0.25, 0.3) is 6.01 Å². The molecular formula is C10H9ClN2O. The average Bonchev–Trinajstić information content (AvgIpc) is 2.69. The van der Waals surface area contributed by atoms with Crippen LogP contribution in [0.2, 0.25) is 5.02 Å². The van der Waals surface area contributed by atoms with Crippen molar-refractivity contribution in [1.29, 1.82) is 0 Å². The number of rotatable bonds is 3. The van der Waals surface area contributed by atoms with Gasteiger partial charge in [0.05, 0.1) is 6.20 Å². The molecule has 2 aromatic rings. The summed E-state index contributed by atoms with van der Waals surface area (Å²) < 4.78 is 5.03. The van der Waals surface area contributed by atoms with Crippen molar-refractivity contribution in [3.63, 3.8) is 0 Å². The third-order valence-electron chi connectivity index (χ3n) is 1.82.